The number of hydrogen-bond acceptors (Lipinski definition) is 4. The molecule has 0 unspecified atom stereocenters. The van der Waals surface area contributed by atoms with Crippen molar-refractivity contribution in [3.05, 3.63) is 23.4 Å². The second kappa shape index (κ2) is 6.24. The summed E-state index contributed by atoms with van der Waals surface area (Å²) in [7, 11) is 0. The van der Waals surface area contributed by atoms with Gasteiger partial charge in [-0.2, -0.15) is 0 Å². The van der Waals surface area contributed by atoms with Gasteiger partial charge in [-0.25, -0.2) is 4.98 Å². The number of nitrogens with zero attached hydrogens (tertiary/aromatic N) is 1. The van der Waals surface area contributed by atoms with Crippen molar-refractivity contribution in [1.29, 1.82) is 0 Å². The average molecular weight is 288 g/mol. The fraction of sp³-hybridized carbons (Fsp3) is 0.562. The van der Waals surface area contributed by atoms with Gasteiger partial charge in [0.1, 0.15) is 11.5 Å². The molecule has 1 aromatic heterocycles. The molecule has 2 aliphatic carbocycles. The van der Waals surface area contributed by atoms with Gasteiger partial charge in [-0.15, -0.1) is 0 Å². The van der Waals surface area contributed by atoms with Crippen molar-refractivity contribution in [2.24, 2.45) is 5.92 Å². The monoisotopic (exact) mass is 288 g/mol. The molecule has 0 aliphatic heterocycles. The second-order valence-electron chi connectivity index (χ2n) is 5.77. The third-order valence-corrected chi connectivity index (χ3v) is 4.15. The van der Waals surface area contributed by atoms with Crippen LogP contribution in [0.1, 0.15) is 49.4 Å². The SMILES string of the molecule is O=C1C=Cc2nc(CCNC(=O)C3CCCCC3)oc2C1. The third-order valence-electron chi connectivity index (χ3n) is 4.15. The van der Waals surface area contributed by atoms with E-state index in [1.807, 2.05) is 0 Å². The van der Waals surface area contributed by atoms with Gasteiger partial charge in [0.05, 0.1) is 6.42 Å². The molecule has 0 radical (unpaired) electrons. The zero-order valence-electron chi connectivity index (χ0n) is 12.1. The minimum absolute atomic E-state index is 0.0378. The van der Waals surface area contributed by atoms with E-state index in [1.165, 1.54) is 12.5 Å². The summed E-state index contributed by atoms with van der Waals surface area (Å²) in [5.41, 5.74) is 0.739. The first-order valence-corrected chi connectivity index (χ1v) is 7.69. The van der Waals surface area contributed by atoms with Crippen molar-refractivity contribution in [3.8, 4) is 0 Å². The molecule has 1 heterocycles. The third kappa shape index (κ3) is 3.40. The van der Waals surface area contributed by atoms with Crippen LogP contribution in [-0.4, -0.2) is 23.2 Å². The molecule has 1 N–H and O–H groups in total. The summed E-state index contributed by atoms with van der Waals surface area (Å²) in [6, 6.07) is 0. The van der Waals surface area contributed by atoms with Crippen molar-refractivity contribution < 1.29 is 14.0 Å². The Morgan fingerprint density at radius 3 is 2.90 bits per heavy atom. The molecule has 21 heavy (non-hydrogen) atoms. The molecular formula is C16H20N2O3. The van der Waals surface area contributed by atoms with Crippen molar-refractivity contribution in [3.63, 3.8) is 0 Å². The van der Waals surface area contributed by atoms with E-state index in [4.69, 9.17) is 4.42 Å². The van der Waals surface area contributed by atoms with Gasteiger partial charge < -0.3 is 9.73 Å². The van der Waals surface area contributed by atoms with Crippen molar-refractivity contribution in [2.75, 3.05) is 6.54 Å². The molecule has 1 aromatic rings. The lowest BCUT2D eigenvalue weighted by Gasteiger charge is -2.20. The van der Waals surface area contributed by atoms with Gasteiger partial charge >= 0.3 is 0 Å². The maximum atomic E-state index is 12.0. The number of oxazole rings is 1. The first-order chi connectivity index (χ1) is 10.2. The van der Waals surface area contributed by atoms with Crippen molar-refractivity contribution >= 4 is 17.8 Å². The summed E-state index contributed by atoms with van der Waals surface area (Å²) >= 11 is 0. The predicted molar refractivity (Wildman–Crippen MR) is 77.5 cm³/mol. The molecule has 0 bridgehead atoms. The summed E-state index contributed by atoms with van der Waals surface area (Å²) in [4.78, 5) is 27.6. The Morgan fingerprint density at radius 2 is 2.10 bits per heavy atom. The van der Waals surface area contributed by atoms with Gasteiger partial charge in [0.15, 0.2) is 11.7 Å². The molecule has 5 heteroatoms. The minimum atomic E-state index is 0.0378. The first-order valence-electron chi connectivity index (χ1n) is 7.69. The molecule has 1 fully saturated rings. The van der Waals surface area contributed by atoms with Crippen LogP contribution in [0.4, 0.5) is 0 Å². The number of aromatic nitrogens is 1. The summed E-state index contributed by atoms with van der Waals surface area (Å²) in [6.45, 7) is 0.534. The van der Waals surface area contributed by atoms with Crippen LogP contribution in [0, 0.1) is 5.92 Å². The Bertz CT molecular complexity index is 568. The largest absolute Gasteiger partial charge is 0.445 e. The molecule has 3 rings (SSSR count). The summed E-state index contributed by atoms with van der Waals surface area (Å²) in [5, 5.41) is 2.97. The maximum absolute atomic E-state index is 12.0. The molecule has 5 nitrogen and oxygen atoms in total. The van der Waals surface area contributed by atoms with E-state index in [0.717, 1.165) is 31.4 Å². The Morgan fingerprint density at radius 1 is 1.29 bits per heavy atom. The highest BCUT2D eigenvalue weighted by Gasteiger charge is 2.21. The quantitative estimate of drug-likeness (QED) is 0.920. The van der Waals surface area contributed by atoms with E-state index >= 15 is 0 Å². The van der Waals surface area contributed by atoms with Crippen LogP contribution in [0.3, 0.4) is 0 Å². The number of ketones is 1. The molecule has 0 saturated heterocycles. The van der Waals surface area contributed by atoms with E-state index in [0.29, 0.717) is 24.6 Å². The van der Waals surface area contributed by atoms with Crippen molar-refractivity contribution in [2.45, 2.75) is 44.9 Å². The zero-order valence-corrected chi connectivity index (χ0v) is 12.1. The van der Waals surface area contributed by atoms with Crippen LogP contribution in [-0.2, 0) is 22.4 Å². The number of fused-ring (bicyclic) bond motifs is 1. The van der Waals surface area contributed by atoms with Crippen LogP contribution in [0.2, 0.25) is 0 Å². The Labute approximate surface area is 123 Å². The minimum Gasteiger partial charge on any atom is -0.445 e. The lowest BCUT2D eigenvalue weighted by molar-refractivity contribution is -0.125. The Kier molecular flexibility index (Phi) is 4.18. The fourth-order valence-corrected chi connectivity index (χ4v) is 2.97. The standard InChI is InChI=1S/C16H20N2O3/c19-12-6-7-13-14(10-12)21-15(18-13)8-9-17-16(20)11-4-2-1-3-5-11/h6-7,11H,1-5,8-10H2,(H,17,20). The lowest BCUT2D eigenvalue weighted by atomic mass is 9.89. The number of rotatable bonds is 4. The second-order valence-corrected chi connectivity index (χ2v) is 5.77. The van der Waals surface area contributed by atoms with Gasteiger partial charge in [-0.1, -0.05) is 19.3 Å². The van der Waals surface area contributed by atoms with Gasteiger partial charge in [-0.05, 0) is 25.0 Å². The van der Waals surface area contributed by atoms with Crippen LogP contribution < -0.4 is 5.32 Å². The highest BCUT2D eigenvalue weighted by Crippen LogP contribution is 2.23. The molecule has 2 aliphatic rings. The molecule has 1 amide bonds. The molecular weight excluding hydrogens is 268 g/mol. The van der Waals surface area contributed by atoms with Gasteiger partial charge in [-0.3, -0.25) is 9.59 Å². The number of hydrogen-bond donors (Lipinski definition) is 1. The topological polar surface area (TPSA) is 72.2 Å². The number of nitrogens with one attached hydrogen (secondary N) is 1. The Hall–Kier alpha value is -1.91. The van der Waals surface area contributed by atoms with Gasteiger partial charge in [0, 0.05) is 18.9 Å². The maximum Gasteiger partial charge on any atom is 0.223 e. The summed E-state index contributed by atoms with van der Waals surface area (Å²) in [5.74, 6) is 1.59. The van der Waals surface area contributed by atoms with E-state index in [-0.39, 0.29) is 24.0 Å². The van der Waals surface area contributed by atoms with E-state index in [9.17, 15) is 9.59 Å². The van der Waals surface area contributed by atoms with E-state index in [2.05, 4.69) is 10.3 Å². The van der Waals surface area contributed by atoms with Gasteiger partial charge in [0.25, 0.3) is 0 Å². The fourth-order valence-electron chi connectivity index (χ4n) is 2.97. The zero-order chi connectivity index (χ0) is 14.7. The molecule has 112 valence electrons. The van der Waals surface area contributed by atoms with Crippen LogP contribution in [0.5, 0.6) is 0 Å². The van der Waals surface area contributed by atoms with E-state index in [1.54, 1.807) is 6.08 Å². The molecule has 1 saturated carbocycles. The van der Waals surface area contributed by atoms with Crippen molar-refractivity contribution in [1.82, 2.24) is 10.3 Å². The summed E-state index contributed by atoms with van der Waals surface area (Å²) in [6.07, 6.45) is 9.64. The number of carbonyl (C=O) groups excluding carboxylic acids is 2. The van der Waals surface area contributed by atoms with E-state index < -0.39 is 0 Å². The van der Waals surface area contributed by atoms with Crippen LogP contribution in [0.25, 0.3) is 6.08 Å². The predicted octanol–water partition coefficient (Wildman–Crippen LogP) is 2.05. The molecule has 0 aromatic carbocycles. The lowest BCUT2D eigenvalue weighted by Crippen LogP contribution is -2.33. The summed E-state index contributed by atoms with van der Waals surface area (Å²) < 4.78 is 5.57. The smallest absolute Gasteiger partial charge is 0.223 e. The normalized spacial score (nSPS) is 18.6. The average Bonchev–Trinajstić information content (AvgIpc) is 2.89. The molecule has 0 spiro atoms. The molecule has 0 atom stereocenters. The highest BCUT2D eigenvalue weighted by molar-refractivity contribution is 5.97. The van der Waals surface area contributed by atoms with Gasteiger partial charge in [0.2, 0.25) is 5.91 Å². The Balaban J connectivity index is 1.48. The number of allylic oxidation sites excluding steroid dienone is 1. The first kappa shape index (κ1) is 14.0. The van der Waals surface area contributed by atoms with Crippen LogP contribution >= 0.6 is 0 Å². The highest BCUT2D eigenvalue weighted by atomic mass is 16.4. The van der Waals surface area contributed by atoms with Crippen LogP contribution in [0.15, 0.2) is 10.5 Å². The number of carbonyl (C=O) groups is 2. The number of amides is 1.